The van der Waals surface area contributed by atoms with Crippen LogP contribution in [-0.2, 0) is 6.54 Å². The molecule has 2 fully saturated rings. The molecule has 0 amide bonds. The van der Waals surface area contributed by atoms with Gasteiger partial charge in [0.25, 0.3) is 0 Å². The Labute approximate surface area is 193 Å². The Morgan fingerprint density at radius 1 is 0.935 bits per heavy atom. The number of likely N-dealkylation sites (tertiary alicyclic amines) is 1. The second-order valence-corrected chi connectivity index (χ2v) is 10.3. The maximum absolute atomic E-state index is 6.30. The van der Waals surface area contributed by atoms with E-state index in [1.807, 2.05) is 11.9 Å². The predicted molar refractivity (Wildman–Crippen MR) is 132 cm³/mol. The van der Waals surface area contributed by atoms with Gasteiger partial charge in [-0.25, -0.2) is 4.31 Å². The molecule has 0 N–H and O–H groups in total. The largest absolute Gasteiger partial charge is 0.493 e. The third kappa shape index (κ3) is 7.00. The maximum atomic E-state index is 6.30. The first kappa shape index (κ1) is 22.7. The van der Waals surface area contributed by atoms with Crippen LogP contribution in [0.4, 0.5) is 0 Å². The lowest BCUT2D eigenvalue weighted by atomic mass is 10.1. The van der Waals surface area contributed by atoms with Crippen LogP contribution in [0.15, 0.2) is 53.4 Å². The quantitative estimate of drug-likeness (QED) is 0.303. The molecule has 1 heterocycles. The van der Waals surface area contributed by atoms with Gasteiger partial charge in [0.15, 0.2) is 0 Å². The lowest BCUT2D eigenvalue weighted by Crippen LogP contribution is -2.31. The highest BCUT2D eigenvalue weighted by Crippen LogP contribution is 2.35. The van der Waals surface area contributed by atoms with Crippen LogP contribution in [0.1, 0.15) is 62.5 Å². The van der Waals surface area contributed by atoms with Crippen molar-refractivity contribution >= 4 is 11.9 Å². The van der Waals surface area contributed by atoms with E-state index in [0.29, 0.717) is 6.04 Å². The van der Waals surface area contributed by atoms with Gasteiger partial charge in [0.05, 0.1) is 6.61 Å². The molecule has 0 bridgehead atoms. The number of hydrogen-bond donors (Lipinski definition) is 0. The van der Waals surface area contributed by atoms with Gasteiger partial charge < -0.3 is 9.64 Å². The molecular weight excluding hydrogens is 400 g/mol. The van der Waals surface area contributed by atoms with Gasteiger partial charge in [0.2, 0.25) is 0 Å². The summed E-state index contributed by atoms with van der Waals surface area (Å²) in [5, 5.41) is 0. The molecule has 0 radical (unpaired) electrons. The van der Waals surface area contributed by atoms with E-state index in [1.54, 1.807) is 0 Å². The van der Waals surface area contributed by atoms with E-state index in [4.69, 9.17) is 4.74 Å². The van der Waals surface area contributed by atoms with Crippen LogP contribution < -0.4 is 4.74 Å². The zero-order chi connectivity index (χ0) is 21.3. The minimum atomic E-state index is 0.651. The summed E-state index contributed by atoms with van der Waals surface area (Å²) in [5.74, 6) is 1.06. The minimum Gasteiger partial charge on any atom is -0.493 e. The first-order valence-corrected chi connectivity index (χ1v) is 13.0. The van der Waals surface area contributed by atoms with Crippen molar-refractivity contribution < 1.29 is 4.74 Å². The molecule has 31 heavy (non-hydrogen) atoms. The van der Waals surface area contributed by atoms with Gasteiger partial charge in [-0.05, 0) is 82.3 Å². The number of rotatable bonds is 10. The Balaban J connectivity index is 1.36. The average molecular weight is 439 g/mol. The number of aryl methyl sites for hydroxylation is 1. The summed E-state index contributed by atoms with van der Waals surface area (Å²) in [4.78, 5) is 3.93. The molecule has 0 aromatic heterocycles. The molecule has 168 valence electrons. The molecule has 4 rings (SSSR count). The highest BCUT2D eigenvalue weighted by Gasteiger charge is 2.24. The van der Waals surface area contributed by atoms with E-state index in [-0.39, 0.29) is 0 Å². The summed E-state index contributed by atoms with van der Waals surface area (Å²) in [5.41, 5.74) is 2.63. The summed E-state index contributed by atoms with van der Waals surface area (Å²) in [6, 6.07) is 18.3. The Morgan fingerprint density at radius 2 is 1.68 bits per heavy atom. The number of ether oxygens (including phenoxy) is 1. The fourth-order valence-electron chi connectivity index (χ4n) is 4.76. The normalized spacial score (nSPS) is 18.0. The maximum Gasteiger partial charge on any atom is 0.123 e. The summed E-state index contributed by atoms with van der Waals surface area (Å²) in [6.45, 7) is 7.60. The van der Waals surface area contributed by atoms with Gasteiger partial charge in [0, 0.05) is 29.6 Å². The smallest absolute Gasteiger partial charge is 0.123 e. The van der Waals surface area contributed by atoms with Crippen molar-refractivity contribution in [3.63, 3.8) is 0 Å². The van der Waals surface area contributed by atoms with Gasteiger partial charge in [0.1, 0.15) is 5.75 Å². The minimum absolute atomic E-state index is 0.651. The average Bonchev–Trinajstić information content (AvgIpc) is 3.34. The zero-order valence-corrected chi connectivity index (χ0v) is 19.9. The van der Waals surface area contributed by atoms with Gasteiger partial charge in [-0.3, -0.25) is 0 Å². The van der Waals surface area contributed by atoms with Crippen LogP contribution in [0.25, 0.3) is 0 Å². The highest BCUT2D eigenvalue weighted by molar-refractivity contribution is 7.97. The van der Waals surface area contributed by atoms with Gasteiger partial charge >= 0.3 is 0 Å². The summed E-state index contributed by atoms with van der Waals surface area (Å²) < 4.78 is 8.90. The molecule has 2 aliphatic rings. The van der Waals surface area contributed by atoms with Crippen LogP contribution in [0.3, 0.4) is 0 Å². The first-order chi connectivity index (χ1) is 15.3. The lowest BCUT2D eigenvalue weighted by molar-refractivity contribution is 0.204. The summed E-state index contributed by atoms with van der Waals surface area (Å²) >= 11 is 1.92. The lowest BCUT2D eigenvalue weighted by Gasteiger charge is -2.28. The summed E-state index contributed by atoms with van der Waals surface area (Å²) in [7, 11) is 0. The van der Waals surface area contributed by atoms with Crippen molar-refractivity contribution in [1.29, 1.82) is 0 Å². The highest BCUT2D eigenvalue weighted by atomic mass is 32.2. The van der Waals surface area contributed by atoms with E-state index in [0.717, 1.165) is 25.3 Å². The molecule has 1 aliphatic carbocycles. The fraction of sp³-hybridized carbons (Fsp3) is 0.556. The van der Waals surface area contributed by atoms with E-state index in [9.17, 15) is 0 Å². The van der Waals surface area contributed by atoms with Crippen LogP contribution in [-0.4, -0.2) is 41.5 Å². The van der Waals surface area contributed by atoms with Crippen molar-refractivity contribution in [1.82, 2.24) is 9.21 Å². The Hall–Kier alpha value is -1.49. The van der Waals surface area contributed by atoms with Crippen molar-refractivity contribution in [2.45, 2.75) is 75.8 Å². The van der Waals surface area contributed by atoms with Crippen LogP contribution in [0, 0.1) is 6.92 Å². The predicted octanol–water partition coefficient (Wildman–Crippen LogP) is 6.70. The van der Waals surface area contributed by atoms with Crippen LogP contribution >= 0.6 is 11.9 Å². The number of para-hydroxylation sites is 1. The SMILES string of the molecule is Cc1ccc(SN(Cc2ccccc2OCCCN2CCCCC2)C2CCCC2)cc1. The molecule has 2 aromatic rings. The molecule has 3 nitrogen and oxygen atoms in total. The molecule has 0 spiro atoms. The van der Waals surface area contributed by atoms with Crippen molar-refractivity contribution in [3.8, 4) is 5.75 Å². The molecule has 0 unspecified atom stereocenters. The molecule has 1 saturated carbocycles. The van der Waals surface area contributed by atoms with E-state index < -0.39 is 0 Å². The van der Waals surface area contributed by atoms with Crippen molar-refractivity contribution in [2.24, 2.45) is 0 Å². The second-order valence-electron chi connectivity index (χ2n) is 9.13. The van der Waals surface area contributed by atoms with E-state index in [2.05, 4.69) is 64.7 Å². The Bertz CT molecular complexity index is 782. The molecule has 1 saturated heterocycles. The monoisotopic (exact) mass is 438 g/mol. The van der Waals surface area contributed by atoms with E-state index in [1.165, 1.54) is 80.6 Å². The topological polar surface area (TPSA) is 15.7 Å². The van der Waals surface area contributed by atoms with Crippen LogP contribution in [0.5, 0.6) is 5.75 Å². The second kappa shape index (κ2) is 11.9. The van der Waals surface area contributed by atoms with Gasteiger partial charge in [-0.15, -0.1) is 0 Å². The molecule has 4 heteroatoms. The van der Waals surface area contributed by atoms with Crippen molar-refractivity contribution in [3.05, 3.63) is 59.7 Å². The third-order valence-corrected chi connectivity index (χ3v) is 7.74. The molecular formula is C27H38N2OS. The molecule has 2 aromatic carbocycles. The van der Waals surface area contributed by atoms with E-state index >= 15 is 0 Å². The fourth-order valence-corrected chi connectivity index (χ4v) is 5.85. The van der Waals surface area contributed by atoms with Gasteiger partial charge in [-0.2, -0.15) is 0 Å². The number of hydrogen-bond acceptors (Lipinski definition) is 4. The van der Waals surface area contributed by atoms with Crippen molar-refractivity contribution in [2.75, 3.05) is 26.2 Å². The molecule has 1 aliphatic heterocycles. The number of benzene rings is 2. The standard InChI is InChI=1S/C27H38N2OS/c1-23-14-16-26(17-15-23)31-29(25-11-4-5-12-25)22-24-10-3-6-13-27(24)30-21-9-20-28-18-7-2-8-19-28/h3,6,10,13-17,25H,2,4-5,7-9,11-12,18-22H2,1H3. The zero-order valence-electron chi connectivity index (χ0n) is 19.1. The third-order valence-electron chi connectivity index (χ3n) is 6.60. The Kier molecular flexibility index (Phi) is 8.74. The van der Waals surface area contributed by atoms with Crippen LogP contribution in [0.2, 0.25) is 0 Å². The first-order valence-electron chi connectivity index (χ1n) is 12.2. The molecule has 0 atom stereocenters. The number of piperidine rings is 1. The number of nitrogens with zero attached hydrogens (tertiary/aromatic N) is 2. The van der Waals surface area contributed by atoms with Gasteiger partial charge in [-0.1, -0.05) is 55.2 Å². The summed E-state index contributed by atoms with van der Waals surface area (Å²) in [6.07, 6.45) is 10.5. The Morgan fingerprint density at radius 3 is 2.45 bits per heavy atom.